The third kappa shape index (κ3) is 3.23. The molecule has 6 nitrogen and oxygen atoms in total. The maximum absolute atomic E-state index is 12.4. The zero-order valence-corrected chi connectivity index (χ0v) is 14.5. The molecule has 1 aromatic heterocycles. The van der Waals surface area contributed by atoms with Crippen molar-refractivity contribution in [3.63, 3.8) is 0 Å². The van der Waals surface area contributed by atoms with E-state index in [1.165, 1.54) is 0 Å². The van der Waals surface area contributed by atoms with E-state index in [2.05, 4.69) is 10.3 Å². The zero-order valence-electron chi connectivity index (χ0n) is 14.5. The number of aromatic nitrogens is 1. The number of aromatic amines is 1. The van der Waals surface area contributed by atoms with E-state index in [0.717, 1.165) is 22.2 Å². The number of pyridine rings is 1. The van der Waals surface area contributed by atoms with Crippen molar-refractivity contribution >= 4 is 10.9 Å². The van der Waals surface area contributed by atoms with E-state index in [4.69, 9.17) is 14.2 Å². The highest BCUT2D eigenvalue weighted by Gasteiger charge is 2.14. The molecular weight excluding hydrogens is 332 g/mol. The van der Waals surface area contributed by atoms with Crippen molar-refractivity contribution in [3.8, 4) is 17.2 Å². The van der Waals surface area contributed by atoms with Crippen LogP contribution in [-0.2, 0) is 13.1 Å². The molecule has 0 unspecified atom stereocenters. The van der Waals surface area contributed by atoms with Crippen molar-refractivity contribution in [1.29, 1.82) is 0 Å². The van der Waals surface area contributed by atoms with Gasteiger partial charge in [0.1, 0.15) is 19.0 Å². The molecule has 1 aliphatic heterocycles. The predicted octanol–water partition coefficient (Wildman–Crippen LogP) is 2.60. The van der Waals surface area contributed by atoms with Gasteiger partial charge in [-0.25, -0.2) is 0 Å². The van der Waals surface area contributed by atoms with Gasteiger partial charge >= 0.3 is 0 Å². The summed E-state index contributed by atoms with van der Waals surface area (Å²) in [5.74, 6) is 2.21. The molecule has 0 bridgehead atoms. The van der Waals surface area contributed by atoms with Gasteiger partial charge in [0.25, 0.3) is 5.56 Å². The van der Waals surface area contributed by atoms with Gasteiger partial charge in [-0.2, -0.15) is 0 Å². The minimum absolute atomic E-state index is 0.110. The molecule has 26 heavy (non-hydrogen) atoms. The summed E-state index contributed by atoms with van der Waals surface area (Å²) in [4.78, 5) is 15.3. The highest BCUT2D eigenvalue weighted by molar-refractivity contribution is 5.83. The molecule has 4 rings (SSSR count). The summed E-state index contributed by atoms with van der Waals surface area (Å²) in [7, 11) is 1.65. The van der Waals surface area contributed by atoms with E-state index in [9.17, 15) is 4.79 Å². The number of para-hydroxylation sites is 1. The van der Waals surface area contributed by atoms with Gasteiger partial charge in [-0.15, -0.1) is 0 Å². The summed E-state index contributed by atoms with van der Waals surface area (Å²) < 4.78 is 16.5. The molecule has 0 saturated carbocycles. The van der Waals surface area contributed by atoms with Crippen LogP contribution in [0.25, 0.3) is 10.9 Å². The van der Waals surface area contributed by atoms with Crippen LogP contribution in [0.15, 0.2) is 47.3 Å². The minimum Gasteiger partial charge on any atom is -0.496 e. The fourth-order valence-electron chi connectivity index (χ4n) is 3.10. The average molecular weight is 352 g/mol. The van der Waals surface area contributed by atoms with Crippen LogP contribution >= 0.6 is 0 Å². The molecule has 0 amide bonds. The van der Waals surface area contributed by atoms with Gasteiger partial charge in [0.05, 0.1) is 12.6 Å². The van der Waals surface area contributed by atoms with E-state index in [1.807, 2.05) is 42.5 Å². The Morgan fingerprint density at radius 1 is 1.04 bits per heavy atom. The lowest BCUT2D eigenvalue weighted by atomic mass is 10.1. The van der Waals surface area contributed by atoms with Crippen LogP contribution in [0, 0.1) is 0 Å². The number of hydrogen-bond acceptors (Lipinski definition) is 5. The van der Waals surface area contributed by atoms with Crippen molar-refractivity contribution in [2.45, 2.75) is 13.1 Å². The normalized spacial score (nSPS) is 13.0. The molecule has 2 heterocycles. The number of benzene rings is 2. The molecule has 2 aromatic carbocycles. The zero-order chi connectivity index (χ0) is 17.9. The molecule has 1 aliphatic rings. The lowest BCUT2D eigenvalue weighted by Gasteiger charge is -2.19. The first kappa shape index (κ1) is 16.5. The molecule has 6 heteroatoms. The molecule has 0 saturated heterocycles. The number of fused-ring (bicyclic) bond motifs is 2. The smallest absolute Gasteiger partial charge is 0.252 e. The Labute approximate surface area is 150 Å². The minimum atomic E-state index is -0.110. The van der Waals surface area contributed by atoms with Crippen LogP contribution in [0.5, 0.6) is 17.2 Å². The summed E-state index contributed by atoms with van der Waals surface area (Å²) in [5, 5.41) is 4.22. The van der Waals surface area contributed by atoms with Crippen LogP contribution in [0.3, 0.4) is 0 Å². The quantitative estimate of drug-likeness (QED) is 0.738. The molecule has 0 fully saturated rings. The van der Waals surface area contributed by atoms with Crippen LogP contribution in [0.1, 0.15) is 11.1 Å². The molecule has 0 aliphatic carbocycles. The van der Waals surface area contributed by atoms with Gasteiger partial charge in [0.2, 0.25) is 0 Å². The number of methoxy groups -OCH3 is 1. The Kier molecular flexibility index (Phi) is 4.50. The maximum Gasteiger partial charge on any atom is 0.252 e. The number of hydrogen-bond donors (Lipinski definition) is 2. The van der Waals surface area contributed by atoms with Crippen LogP contribution in [-0.4, -0.2) is 25.3 Å². The van der Waals surface area contributed by atoms with Gasteiger partial charge < -0.3 is 24.5 Å². The largest absolute Gasteiger partial charge is 0.496 e. The van der Waals surface area contributed by atoms with Crippen molar-refractivity contribution in [1.82, 2.24) is 10.3 Å². The Morgan fingerprint density at radius 2 is 1.77 bits per heavy atom. The van der Waals surface area contributed by atoms with Crippen molar-refractivity contribution in [2.75, 3.05) is 20.3 Å². The fraction of sp³-hybridized carbons (Fsp3) is 0.250. The van der Waals surface area contributed by atoms with E-state index in [-0.39, 0.29) is 5.56 Å². The Morgan fingerprint density at radius 3 is 2.58 bits per heavy atom. The highest BCUT2D eigenvalue weighted by Crippen LogP contribution is 2.33. The van der Waals surface area contributed by atoms with Crippen LogP contribution < -0.4 is 25.1 Å². The molecular formula is C20H20N2O4. The Balaban J connectivity index is 1.54. The first-order valence-corrected chi connectivity index (χ1v) is 8.53. The van der Waals surface area contributed by atoms with Crippen molar-refractivity contribution in [3.05, 3.63) is 63.9 Å². The Bertz CT molecular complexity index is 997. The topological polar surface area (TPSA) is 72.6 Å². The Hall–Kier alpha value is -2.99. The molecule has 3 aromatic rings. The summed E-state index contributed by atoms with van der Waals surface area (Å²) in [6.07, 6.45) is 0. The monoisotopic (exact) mass is 352 g/mol. The van der Waals surface area contributed by atoms with Crippen molar-refractivity contribution in [2.24, 2.45) is 0 Å². The summed E-state index contributed by atoms with van der Waals surface area (Å²) in [5.41, 5.74) is 2.35. The highest BCUT2D eigenvalue weighted by atomic mass is 16.6. The molecule has 0 atom stereocenters. The summed E-state index contributed by atoms with van der Waals surface area (Å²) in [6, 6.07) is 13.4. The van der Waals surface area contributed by atoms with Crippen LogP contribution in [0.2, 0.25) is 0 Å². The second-order valence-corrected chi connectivity index (χ2v) is 6.12. The molecule has 0 spiro atoms. The lowest BCUT2D eigenvalue weighted by molar-refractivity contribution is 0.172. The summed E-state index contributed by atoms with van der Waals surface area (Å²) >= 11 is 0. The maximum atomic E-state index is 12.4. The lowest BCUT2D eigenvalue weighted by Crippen LogP contribution is -2.21. The van der Waals surface area contributed by atoms with Crippen molar-refractivity contribution < 1.29 is 14.2 Å². The number of H-pyrrole nitrogens is 1. The number of ether oxygens (including phenoxy) is 3. The molecule has 0 radical (unpaired) electrons. The van der Waals surface area contributed by atoms with Crippen LogP contribution in [0.4, 0.5) is 0 Å². The van der Waals surface area contributed by atoms with Gasteiger partial charge in [-0.1, -0.05) is 18.2 Å². The van der Waals surface area contributed by atoms with E-state index in [0.29, 0.717) is 43.4 Å². The third-order valence-electron chi connectivity index (χ3n) is 4.41. The number of nitrogens with one attached hydrogen (secondary N) is 2. The van der Waals surface area contributed by atoms with E-state index >= 15 is 0 Å². The fourth-order valence-corrected chi connectivity index (χ4v) is 3.10. The molecule has 2 N–H and O–H groups in total. The first-order valence-electron chi connectivity index (χ1n) is 8.53. The van der Waals surface area contributed by atoms with E-state index in [1.54, 1.807) is 7.11 Å². The second-order valence-electron chi connectivity index (χ2n) is 6.12. The SMILES string of the molecule is COc1ccccc1CNCc1cc2cc3c(cc2[nH]c1=O)OCCO3. The summed E-state index contributed by atoms with van der Waals surface area (Å²) in [6.45, 7) is 2.13. The average Bonchev–Trinajstić information content (AvgIpc) is 2.67. The van der Waals surface area contributed by atoms with Gasteiger partial charge in [0, 0.05) is 35.7 Å². The van der Waals surface area contributed by atoms with Gasteiger partial charge in [-0.05, 0) is 18.2 Å². The predicted molar refractivity (Wildman–Crippen MR) is 99.1 cm³/mol. The standard InChI is InChI=1S/C20H20N2O4/c1-24-17-5-3-2-4-13(17)11-21-12-15-8-14-9-18-19(26-7-6-25-18)10-16(14)22-20(15)23/h2-5,8-10,21H,6-7,11-12H2,1H3,(H,22,23). The van der Waals surface area contributed by atoms with E-state index < -0.39 is 0 Å². The third-order valence-corrected chi connectivity index (χ3v) is 4.41. The second kappa shape index (κ2) is 7.09. The first-order chi connectivity index (χ1) is 12.7. The number of rotatable bonds is 5. The molecule has 134 valence electrons. The van der Waals surface area contributed by atoms with Gasteiger partial charge in [0.15, 0.2) is 11.5 Å². The van der Waals surface area contributed by atoms with Gasteiger partial charge in [-0.3, -0.25) is 4.79 Å².